The minimum absolute atomic E-state index is 0.0573. The molecule has 3 N–H and O–H groups in total. The van der Waals surface area contributed by atoms with Crippen LogP contribution in [-0.4, -0.2) is 42.7 Å². The normalized spacial score (nSPS) is 11.4. The second kappa shape index (κ2) is 13.3. The van der Waals surface area contributed by atoms with Gasteiger partial charge in [-0.25, -0.2) is 4.79 Å². The van der Waals surface area contributed by atoms with E-state index in [4.69, 9.17) is 5.11 Å². The van der Waals surface area contributed by atoms with Gasteiger partial charge in [-0.3, -0.25) is 14.6 Å². The lowest BCUT2D eigenvalue weighted by atomic mass is 10.1. The van der Waals surface area contributed by atoms with Crippen molar-refractivity contribution in [2.45, 2.75) is 39.7 Å². The maximum Gasteiger partial charge on any atom is 0.326 e. The molecule has 0 bridgehead atoms. The van der Waals surface area contributed by atoms with E-state index in [1.54, 1.807) is 13.0 Å². The lowest BCUT2D eigenvalue weighted by Crippen LogP contribution is -2.35. The van der Waals surface area contributed by atoms with Crippen LogP contribution in [0.25, 0.3) is 0 Å². The number of nitrogens with zero attached hydrogens (tertiary/aromatic N) is 1. The highest BCUT2D eigenvalue weighted by Gasteiger charge is 2.16. The van der Waals surface area contributed by atoms with Crippen LogP contribution in [0.1, 0.15) is 33.6 Å². The standard InChI is InChI=1S/C8H12N2O3.C5H11NO/c1-3-6(9-2)4-7(8(12)13)10-5-11;1-3-4-6-5(2)7/h3,5,7H,2,4H2,1H3,(H,10,11)(H,12,13);3-4H2,1-2H3,(H,6,7)/b6-3-;. The van der Waals surface area contributed by atoms with Gasteiger partial charge >= 0.3 is 5.97 Å². The highest BCUT2D eigenvalue weighted by molar-refractivity contribution is 5.76. The van der Waals surface area contributed by atoms with Gasteiger partial charge in [0.05, 0.1) is 0 Å². The molecule has 0 aliphatic heterocycles. The van der Waals surface area contributed by atoms with Crippen LogP contribution in [0.3, 0.4) is 0 Å². The fourth-order valence-corrected chi connectivity index (χ4v) is 1.08. The summed E-state index contributed by atoms with van der Waals surface area (Å²) in [6.07, 6.45) is 3.16. The van der Waals surface area contributed by atoms with Gasteiger partial charge < -0.3 is 15.7 Å². The van der Waals surface area contributed by atoms with Crippen LogP contribution >= 0.6 is 0 Å². The molecule has 0 aromatic rings. The number of amides is 2. The van der Waals surface area contributed by atoms with Crippen molar-refractivity contribution in [2.75, 3.05) is 6.54 Å². The third kappa shape index (κ3) is 12.3. The molecule has 1 atom stereocenters. The van der Waals surface area contributed by atoms with Crippen LogP contribution in [0, 0.1) is 0 Å². The Balaban J connectivity index is 0. The maximum absolute atomic E-state index is 10.5. The van der Waals surface area contributed by atoms with Gasteiger partial charge in [0.25, 0.3) is 0 Å². The number of aliphatic imine (C=N–C) groups is 1. The molecule has 114 valence electrons. The van der Waals surface area contributed by atoms with E-state index in [9.17, 15) is 14.4 Å². The zero-order valence-corrected chi connectivity index (χ0v) is 12.2. The Kier molecular flexibility index (Phi) is 13.4. The molecule has 0 heterocycles. The van der Waals surface area contributed by atoms with Crippen LogP contribution in [0.2, 0.25) is 0 Å². The third-order valence-electron chi connectivity index (χ3n) is 2.14. The lowest BCUT2D eigenvalue weighted by molar-refractivity contribution is -0.140. The Morgan fingerprint density at radius 1 is 1.45 bits per heavy atom. The van der Waals surface area contributed by atoms with Crippen molar-refractivity contribution >= 4 is 25.0 Å². The number of rotatable bonds is 8. The van der Waals surface area contributed by atoms with E-state index in [1.807, 2.05) is 6.92 Å². The molecule has 7 heteroatoms. The topological polar surface area (TPSA) is 108 Å². The Hall–Kier alpha value is -2.18. The maximum atomic E-state index is 10.5. The Labute approximate surface area is 119 Å². The SMILES string of the molecule is C=N/C(=C\C)CC(NC=O)C(=O)O.CCCNC(C)=O. The van der Waals surface area contributed by atoms with E-state index >= 15 is 0 Å². The molecule has 2 amide bonds. The first-order chi connectivity index (χ1) is 9.42. The first kappa shape index (κ1) is 20.1. The molecule has 0 aliphatic carbocycles. The number of carbonyl (C=O) groups excluding carboxylic acids is 2. The van der Waals surface area contributed by atoms with Crippen molar-refractivity contribution in [1.82, 2.24) is 10.6 Å². The number of nitrogens with one attached hydrogen (secondary N) is 2. The number of carboxylic acid groups (broad SMARTS) is 1. The number of carboxylic acids is 1. The second-order valence-electron chi connectivity index (χ2n) is 3.80. The van der Waals surface area contributed by atoms with E-state index < -0.39 is 12.0 Å². The van der Waals surface area contributed by atoms with E-state index in [0.717, 1.165) is 13.0 Å². The molecule has 0 rings (SSSR count). The summed E-state index contributed by atoms with van der Waals surface area (Å²) in [4.78, 5) is 34.3. The minimum Gasteiger partial charge on any atom is -0.480 e. The number of allylic oxidation sites excluding steroid dienone is 1. The third-order valence-corrected chi connectivity index (χ3v) is 2.14. The minimum atomic E-state index is -1.09. The summed E-state index contributed by atoms with van der Waals surface area (Å²) in [5.74, 6) is -1.03. The highest BCUT2D eigenvalue weighted by Crippen LogP contribution is 2.05. The summed E-state index contributed by atoms with van der Waals surface area (Å²) in [5.41, 5.74) is 0.543. The van der Waals surface area contributed by atoms with Gasteiger partial charge in [0, 0.05) is 25.6 Å². The quantitative estimate of drug-likeness (QED) is 0.451. The number of aliphatic carboxylic acids is 1. The molecular formula is C13H23N3O4. The van der Waals surface area contributed by atoms with E-state index in [0.29, 0.717) is 12.1 Å². The molecule has 0 spiro atoms. The molecule has 0 saturated heterocycles. The lowest BCUT2D eigenvalue weighted by Gasteiger charge is -2.10. The van der Waals surface area contributed by atoms with Gasteiger partial charge in [-0.2, -0.15) is 0 Å². The fraction of sp³-hybridized carbons (Fsp3) is 0.538. The zero-order chi connectivity index (χ0) is 16.0. The van der Waals surface area contributed by atoms with Crippen molar-refractivity contribution in [2.24, 2.45) is 4.99 Å². The summed E-state index contributed by atoms with van der Waals surface area (Å²) < 4.78 is 0. The van der Waals surface area contributed by atoms with Crippen LogP contribution in [-0.2, 0) is 14.4 Å². The molecule has 1 unspecified atom stereocenters. The first-order valence-electron chi connectivity index (χ1n) is 6.21. The van der Waals surface area contributed by atoms with Crippen molar-refractivity contribution in [3.8, 4) is 0 Å². The predicted molar refractivity (Wildman–Crippen MR) is 77.5 cm³/mol. The van der Waals surface area contributed by atoms with Crippen LogP contribution < -0.4 is 10.6 Å². The summed E-state index contributed by atoms with van der Waals surface area (Å²) in [6, 6.07) is -0.936. The van der Waals surface area contributed by atoms with Gasteiger partial charge in [-0.15, -0.1) is 0 Å². The molecule has 0 saturated carbocycles. The van der Waals surface area contributed by atoms with Gasteiger partial charge in [0.1, 0.15) is 6.04 Å². The molecule has 0 aromatic heterocycles. The molecule has 20 heavy (non-hydrogen) atoms. The van der Waals surface area contributed by atoms with Crippen LogP contribution in [0.15, 0.2) is 16.8 Å². The number of carbonyl (C=O) groups is 3. The highest BCUT2D eigenvalue weighted by atomic mass is 16.4. The van der Waals surface area contributed by atoms with Gasteiger partial charge in [0.2, 0.25) is 12.3 Å². The molecule has 7 nitrogen and oxygen atoms in total. The summed E-state index contributed by atoms with van der Waals surface area (Å²) in [7, 11) is 0. The van der Waals surface area contributed by atoms with E-state index in [-0.39, 0.29) is 12.3 Å². The monoisotopic (exact) mass is 285 g/mol. The second-order valence-corrected chi connectivity index (χ2v) is 3.80. The van der Waals surface area contributed by atoms with Gasteiger partial charge in [0.15, 0.2) is 0 Å². The predicted octanol–water partition coefficient (Wildman–Crippen LogP) is 0.713. The largest absolute Gasteiger partial charge is 0.480 e. The Morgan fingerprint density at radius 3 is 2.30 bits per heavy atom. The average molecular weight is 285 g/mol. The molecule has 0 fully saturated rings. The number of hydrogen-bond acceptors (Lipinski definition) is 4. The summed E-state index contributed by atoms with van der Waals surface area (Å²) >= 11 is 0. The van der Waals surface area contributed by atoms with Crippen molar-refractivity contribution in [3.63, 3.8) is 0 Å². The van der Waals surface area contributed by atoms with E-state index in [2.05, 4.69) is 22.3 Å². The van der Waals surface area contributed by atoms with Crippen molar-refractivity contribution in [3.05, 3.63) is 11.8 Å². The molecule has 0 aromatic carbocycles. The fourth-order valence-electron chi connectivity index (χ4n) is 1.08. The molecular weight excluding hydrogens is 262 g/mol. The number of hydrogen-bond donors (Lipinski definition) is 3. The van der Waals surface area contributed by atoms with Crippen LogP contribution in [0.5, 0.6) is 0 Å². The van der Waals surface area contributed by atoms with Gasteiger partial charge in [-0.1, -0.05) is 13.0 Å². The van der Waals surface area contributed by atoms with Crippen molar-refractivity contribution in [1.29, 1.82) is 0 Å². The zero-order valence-electron chi connectivity index (χ0n) is 12.2. The Morgan fingerprint density at radius 2 is 2.05 bits per heavy atom. The molecule has 0 radical (unpaired) electrons. The smallest absolute Gasteiger partial charge is 0.326 e. The average Bonchev–Trinajstić information content (AvgIpc) is 2.41. The first-order valence-corrected chi connectivity index (χ1v) is 6.21. The summed E-state index contributed by atoms with van der Waals surface area (Å²) in [6.45, 7) is 9.35. The Bertz CT molecular complexity index is 354. The van der Waals surface area contributed by atoms with E-state index in [1.165, 1.54) is 6.92 Å². The summed E-state index contributed by atoms with van der Waals surface area (Å²) in [5, 5.41) is 13.5. The van der Waals surface area contributed by atoms with Gasteiger partial charge in [-0.05, 0) is 20.1 Å². The molecule has 0 aliphatic rings. The van der Waals surface area contributed by atoms with Crippen LogP contribution in [0.4, 0.5) is 0 Å². The van der Waals surface area contributed by atoms with Crippen molar-refractivity contribution < 1.29 is 19.5 Å².